The predicted molar refractivity (Wildman–Crippen MR) is 50.9 cm³/mol. The van der Waals surface area contributed by atoms with Crippen molar-refractivity contribution in [3.63, 3.8) is 0 Å². The van der Waals surface area contributed by atoms with Crippen LogP contribution in [-0.2, 0) is 6.18 Å². The summed E-state index contributed by atoms with van der Waals surface area (Å²) in [6, 6.07) is 1.55. The summed E-state index contributed by atoms with van der Waals surface area (Å²) in [5.41, 5.74) is -1.57. The number of aromatic carboxylic acids is 1. The Kier molecular flexibility index (Phi) is 3.31. The highest BCUT2D eigenvalue weighted by atomic mass is 19.4. The van der Waals surface area contributed by atoms with Gasteiger partial charge in [-0.05, 0) is 25.1 Å². The Morgan fingerprint density at radius 3 is 2.50 bits per heavy atom. The largest absolute Gasteiger partial charge is 0.478 e. The molecular formula is C10H8F3NO2. The molecule has 1 N–H and O–H groups in total. The molecule has 0 aromatic carbocycles. The normalized spacial score (nSPS) is 12.0. The Balaban J connectivity index is 3.34. The minimum absolute atomic E-state index is 0.204. The average Bonchev–Trinajstić information content (AvgIpc) is 2.16. The number of rotatable bonds is 2. The molecule has 0 amide bonds. The molecule has 16 heavy (non-hydrogen) atoms. The minimum Gasteiger partial charge on any atom is -0.478 e. The molecule has 0 atom stereocenters. The van der Waals surface area contributed by atoms with E-state index in [0.717, 1.165) is 6.07 Å². The molecular weight excluding hydrogens is 223 g/mol. The number of hydrogen-bond donors (Lipinski definition) is 1. The molecule has 0 spiro atoms. The Morgan fingerprint density at radius 1 is 1.44 bits per heavy atom. The topological polar surface area (TPSA) is 50.2 Å². The summed E-state index contributed by atoms with van der Waals surface area (Å²) >= 11 is 0. The minimum atomic E-state index is -4.58. The van der Waals surface area contributed by atoms with Crippen molar-refractivity contribution in [3.05, 3.63) is 35.2 Å². The van der Waals surface area contributed by atoms with E-state index in [1.165, 1.54) is 12.2 Å². The van der Waals surface area contributed by atoms with Gasteiger partial charge in [-0.3, -0.25) is 0 Å². The average molecular weight is 231 g/mol. The summed E-state index contributed by atoms with van der Waals surface area (Å²) in [5.74, 6) is -1.31. The Labute approximate surface area is 89.2 Å². The van der Waals surface area contributed by atoms with Gasteiger partial charge in [0.15, 0.2) is 0 Å². The van der Waals surface area contributed by atoms with Crippen LogP contribution in [0.4, 0.5) is 13.2 Å². The standard InChI is InChI=1S/C10H8F3NO2/c1-2-3-7-6(9(15)16)4-5-8(14-7)10(11,12)13/h2-5H,1H3,(H,15,16)/b3-2+. The van der Waals surface area contributed by atoms with Crippen LogP contribution >= 0.6 is 0 Å². The maximum absolute atomic E-state index is 12.3. The maximum atomic E-state index is 12.3. The van der Waals surface area contributed by atoms with E-state index in [1.54, 1.807) is 6.92 Å². The van der Waals surface area contributed by atoms with Crippen molar-refractivity contribution >= 4 is 12.0 Å². The summed E-state index contributed by atoms with van der Waals surface area (Å²) in [7, 11) is 0. The molecule has 1 aromatic heterocycles. The lowest BCUT2D eigenvalue weighted by Gasteiger charge is -2.07. The number of carboxylic acid groups (broad SMARTS) is 1. The molecule has 6 heteroatoms. The highest BCUT2D eigenvalue weighted by Crippen LogP contribution is 2.28. The fraction of sp³-hybridized carbons (Fsp3) is 0.200. The van der Waals surface area contributed by atoms with Gasteiger partial charge in [0, 0.05) is 0 Å². The van der Waals surface area contributed by atoms with Crippen molar-refractivity contribution in [2.75, 3.05) is 0 Å². The van der Waals surface area contributed by atoms with Crippen LogP contribution in [-0.4, -0.2) is 16.1 Å². The first kappa shape index (κ1) is 12.2. The van der Waals surface area contributed by atoms with Crippen LogP contribution in [0.3, 0.4) is 0 Å². The second-order valence-corrected chi connectivity index (χ2v) is 2.93. The van der Waals surface area contributed by atoms with Gasteiger partial charge in [0.25, 0.3) is 0 Å². The molecule has 1 rings (SSSR count). The third-order valence-electron chi connectivity index (χ3n) is 1.77. The number of nitrogens with zero attached hydrogens (tertiary/aromatic N) is 1. The molecule has 0 fully saturated rings. The van der Waals surface area contributed by atoms with Crippen molar-refractivity contribution in [1.29, 1.82) is 0 Å². The highest BCUT2D eigenvalue weighted by Gasteiger charge is 2.33. The number of allylic oxidation sites excluding steroid dienone is 1. The van der Waals surface area contributed by atoms with E-state index in [-0.39, 0.29) is 11.3 Å². The van der Waals surface area contributed by atoms with E-state index in [0.29, 0.717) is 6.07 Å². The van der Waals surface area contributed by atoms with Crippen molar-refractivity contribution in [2.45, 2.75) is 13.1 Å². The first-order chi connectivity index (χ1) is 7.36. The van der Waals surface area contributed by atoms with Crippen LogP contribution in [0, 0.1) is 0 Å². The SMILES string of the molecule is C/C=C/c1nc(C(F)(F)F)ccc1C(=O)O. The molecule has 0 aliphatic rings. The predicted octanol–water partition coefficient (Wildman–Crippen LogP) is 2.83. The van der Waals surface area contributed by atoms with Crippen LogP contribution in [0.1, 0.15) is 28.7 Å². The molecule has 0 radical (unpaired) electrons. The number of carbonyl (C=O) groups is 1. The number of hydrogen-bond acceptors (Lipinski definition) is 2. The number of aromatic nitrogens is 1. The summed E-state index contributed by atoms with van der Waals surface area (Å²) < 4.78 is 36.9. The van der Waals surface area contributed by atoms with E-state index in [9.17, 15) is 18.0 Å². The molecule has 0 saturated heterocycles. The monoisotopic (exact) mass is 231 g/mol. The van der Waals surface area contributed by atoms with Crippen LogP contribution in [0.25, 0.3) is 6.08 Å². The van der Waals surface area contributed by atoms with Crippen LogP contribution < -0.4 is 0 Å². The maximum Gasteiger partial charge on any atom is 0.433 e. The Morgan fingerprint density at radius 2 is 2.06 bits per heavy atom. The van der Waals surface area contributed by atoms with Gasteiger partial charge in [-0.15, -0.1) is 0 Å². The lowest BCUT2D eigenvalue weighted by Crippen LogP contribution is -2.11. The zero-order valence-corrected chi connectivity index (χ0v) is 8.25. The summed E-state index contributed by atoms with van der Waals surface area (Å²) in [5, 5.41) is 8.73. The van der Waals surface area contributed by atoms with Crippen molar-refractivity contribution in [3.8, 4) is 0 Å². The molecule has 86 valence electrons. The molecule has 0 aliphatic heterocycles. The second kappa shape index (κ2) is 4.34. The number of alkyl halides is 3. The molecule has 0 unspecified atom stereocenters. The lowest BCUT2D eigenvalue weighted by atomic mass is 10.1. The third kappa shape index (κ3) is 2.59. The van der Waals surface area contributed by atoms with Gasteiger partial charge in [0.2, 0.25) is 0 Å². The summed E-state index contributed by atoms with van der Waals surface area (Å²) in [4.78, 5) is 14.0. The molecule has 0 aliphatic carbocycles. The van der Waals surface area contributed by atoms with Crippen molar-refractivity contribution in [1.82, 2.24) is 4.98 Å². The Bertz CT molecular complexity index is 438. The fourth-order valence-electron chi connectivity index (χ4n) is 1.10. The van der Waals surface area contributed by atoms with E-state index in [2.05, 4.69) is 4.98 Å². The summed E-state index contributed by atoms with van der Waals surface area (Å²) in [6.07, 6.45) is -1.93. The van der Waals surface area contributed by atoms with Gasteiger partial charge < -0.3 is 5.11 Å². The quantitative estimate of drug-likeness (QED) is 0.851. The molecule has 0 bridgehead atoms. The van der Waals surface area contributed by atoms with E-state index in [4.69, 9.17) is 5.11 Å². The van der Waals surface area contributed by atoms with E-state index in [1.807, 2.05) is 0 Å². The molecule has 0 saturated carbocycles. The van der Waals surface area contributed by atoms with E-state index < -0.39 is 17.8 Å². The second-order valence-electron chi connectivity index (χ2n) is 2.93. The van der Waals surface area contributed by atoms with Crippen LogP contribution in [0.2, 0.25) is 0 Å². The zero-order valence-electron chi connectivity index (χ0n) is 8.25. The highest BCUT2D eigenvalue weighted by molar-refractivity contribution is 5.91. The van der Waals surface area contributed by atoms with Crippen LogP contribution in [0.15, 0.2) is 18.2 Å². The number of pyridine rings is 1. The smallest absolute Gasteiger partial charge is 0.433 e. The van der Waals surface area contributed by atoms with Gasteiger partial charge >= 0.3 is 12.1 Å². The summed E-state index contributed by atoms with van der Waals surface area (Å²) in [6.45, 7) is 1.56. The van der Waals surface area contributed by atoms with Crippen molar-refractivity contribution in [2.24, 2.45) is 0 Å². The van der Waals surface area contributed by atoms with Gasteiger partial charge in [0.05, 0.1) is 11.3 Å². The number of carboxylic acids is 1. The van der Waals surface area contributed by atoms with Crippen LogP contribution in [0.5, 0.6) is 0 Å². The van der Waals surface area contributed by atoms with E-state index >= 15 is 0 Å². The molecule has 1 heterocycles. The first-order valence-corrected chi connectivity index (χ1v) is 4.30. The van der Waals surface area contributed by atoms with Gasteiger partial charge in [-0.2, -0.15) is 13.2 Å². The van der Waals surface area contributed by atoms with Gasteiger partial charge in [-0.25, -0.2) is 9.78 Å². The lowest BCUT2D eigenvalue weighted by molar-refractivity contribution is -0.141. The number of halogens is 3. The van der Waals surface area contributed by atoms with Gasteiger partial charge in [0.1, 0.15) is 5.69 Å². The van der Waals surface area contributed by atoms with Crippen molar-refractivity contribution < 1.29 is 23.1 Å². The zero-order chi connectivity index (χ0) is 12.3. The fourth-order valence-corrected chi connectivity index (χ4v) is 1.10. The first-order valence-electron chi connectivity index (χ1n) is 4.30. The molecule has 1 aromatic rings. The van der Waals surface area contributed by atoms with Gasteiger partial charge in [-0.1, -0.05) is 6.08 Å². The Hall–Kier alpha value is -1.85. The third-order valence-corrected chi connectivity index (χ3v) is 1.77. The molecule has 3 nitrogen and oxygen atoms in total.